The zero-order valence-corrected chi connectivity index (χ0v) is 15.2. The lowest BCUT2D eigenvalue weighted by molar-refractivity contribution is -0.119. The van der Waals surface area contributed by atoms with Crippen molar-refractivity contribution in [3.05, 3.63) is 59.7 Å². The molecule has 0 aromatic heterocycles. The smallest absolute Gasteiger partial charge is 0.230 e. The summed E-state index contributed by atoms with van der Waals surface area (Å²) in [6.45, 7) is 6.19. The topological polar surface area (TPSA) is 38.3 Å². The summed E-state index contributed by atoms with van der Waals surface area (Å²) in [5.74, 6) is 1.35. The van der Waals surface area contributed by atoms with Gasteiger partial charge in [0.15, 0.2) is 0 Å². The maximum Gasteiger partial charge on any atom is 0.230 e. The molecule has 2 aromatic rings. The van der Waals surface area contributed by atoms with Gasteiger partial charge >= 0.3 is 0 Å². The Balaban J connectivity index is 1.70. The van der Waals surface area contributed by atoms with Crippen molar-refractivity contribution in [2.75, 3.05) is 5.75 Å². The molecule has 24 heavy (non-hydrogen) atoms. The van der Waals surface area contributed by atoms with E-state index in [4.69, 9.17) is 4.74 Å². The van der Waals surface area contributed by atoms with Gasteiger partial charge < -0.3 is 10.1 Å². The number of ether oxygens (including phenoxy) is 1. The van der Waals surface area contributed by atoms with Crippen molar-refractivity contribution in [3.8, 4) is 5.75 Å². The van der Waals surface area contributed by atoms with Crippen LogP contribution in [0.1, 0.15) is 37.4 Å². The van der Waals surface area contributed by atoms with Crippen LogP contribution in [0.5, 0.6) is 5.75 Å². The van der Waals surface area contributed by atoms with E-state index < -0.39 is 0 Å². The summed E-state index contributed by atoms with van der Waals surface area (Å²) in [4.78, 5) is 13.5. The van der Waals surface area contributed by atoms with E-state index in [0.29, 0.717) is 5.75 Å². The molecule has 0 saturated heterocycles. The van der Waals surface area contributed by atoms with Crippen molar-refractivity contribution in [2.24, 2.45) is 0 Å². The van der Waals surface area contributed by atoms with E-state index >= 15 is 0 Å². The Morgan fingerprint density at radius 1 is 1.25 bits per heavy atom. The summed E-state index contributed by atoms with van der Waals surface area (Å²) in [6.07, 6.45) is 0.769. The molecule has 0 unspecified atom stereocenters. The fourth-order valence-corrected chi connectivity index (χ4v) is 3.74. The van der Waals surface area contributed by atoms with Crippen LogP contribution in [0.4, 0.5) is 0 Å². The molecular weight excluding hydrogens is 318 g/mol. The number of benzene rings is 2. The fourth-order valence-electron chi connectivity index (χ4n) is 3.00. The normalized spacial score (nSPS) is 18.4. The highest BCUT2D eigenvalue weighted by Crippen LogP contribution is 2.39. The number of amides is 1. The predicted molar refractivity (Wildman–Crippen MR) is 98.6 cm³/mol. The number of carbonyl (C=O) groups excluding carboxylic acids is 1. The highest BCUT2D eigenvalue weighted by Gasteiger charge is 2.34. The maximum atomic E-state index is 12.4. The second-order valence-corrected chi connectivity index (χ2v) is 7.88. The van der Waals surface area contributed by atoms with Crippen LogP contribution < -0.4 is 10.1 Å². The molecule has 1 heterocycles. The molecule has 0 bridgehead atoms. The molecule has 0 aliphatic carbocycles. The van der Waals surface area contributed by atoms with E-state index in [1.807, 2.05) is 42.5 Å². The molecule has 1 aliphatic rings. The first kappa shape index (κ1) is 16.9. The Morgan fingerprint density at radius 3 is 2.75 bits per heavy atom. The van der Waals surface area contributed by atoms with Crippen molar-refractivity contribution in [1.82, 2.24) is 5.32 Å². The number of nitrogens with one attached hydrogen (secondary N) is 1. The Bertz CT molecular complexity index is 728. The maximum absolute atomic E-state index is 12.4. The molecule has 2 aromatic carbocycles. The van der Waals surface area contributed by atoms with Crippen molar-refractivity contribution in [1.29, 1.82) is 0 Å². The number of fused-ring (bicyclic) bond motifs is 1. The second-order valence-electron chi connectivity index (χ2n) is 6.83. The third-order valence-electron chi connectivity index (χ3n) is 4.07. The molecule has 3 nitrogen and oxygen atoms in total. The largest absolute Gasteiger partial charge is 0.487 e. The molecule has 0 fully saturated rings. The van der Waals surface area contributed by atoms with Gasteiger partial charge in [-0.2, -0.15) is 0 Å². The molecule has 1 aliphatic heterocycles. The van der Waals surface area contributed by atoms with Crippen LogP contribution in [0.2, 0.25) is 0 Å². The van der Waals surface area contributed by atoms with E-state index in [-0.39, 0.29) is 17.6 Å². The summed E-state index contributed by atoms with van der Waals surface area (Å²) >= 11 is 1.56. The third kappa shape index (κ3) is 4.12. The minimum atomic E-state index is -0.285. The number of aryl methyl sites for hydroxylation is 1. The molecular formula is C20H23NO2S. The average Bonchev–Trinajstić information content (AvgIpc) is 2.54. The minimum absolute atomic E-state index is 0.00692. The summed E-state index contributed by atoms with van der Waals surface area (Å²) < 4.78 is 6.06. The van der Waals surface area contributed by atoms with Crippen LogP contribution in [0.25, 0.3) is 0 Å². The first-order valence-electron chi connectivity index (χ1n) is 8.20. The SMILES string of the molecule is Cc1ccc2c(c1)[C@@H](NC(=O)CSc1ccccc1)CC(C)(C)O2. The third-order valence-corrected chi connectivity index (χ3v) is 5.08. The number of hydrogen-bond donors (Lipinski definition) is 1. The molecule has 126 valence electrons. The van der Waals surface area contributed by atoms with E-state index in [1.54, 1.807) is 11.8 Å². The van der Waals surface area contributed by atoms with Gasteiger partial charge in [0.1, 0.15) is 11.4 Å². The summed E-state index contributed by atoms with van der Waals surface area (Å²) in [5, 5.41) is 3.19. The van der Waals surface area contributed by atoms with Crippen LogP contribution in [0.3, 0.4) is 0 Å². The summed E-state index contributed by atoms with van der Waals surface area (Å²) in [6, 6.07) is 16.1. The first-order valence-corrected chi connectivity index (χ1v) is 9.18. The lowest BCUT2D eigenvalue weighted by atomic mass is 9.89. The fraction of sp³-hybridized carbons (Fsp3) is 0.350. The average molecular weight is 341 g/mol. The first-order chi connectivity index (χ1) is 11.4. The lowest BCUT2D eigenvalue weighted by Gasteiger charge is -2.38. The van der Waals surface area contributed by atoms with Crippen LogP contribution in [-0.2, 0) is 4.79 Å². The van der Waals surface area contributed by atoms with Crippen LogP contribution >= 0.6 is 11.8 Å². The predicted octanol–water partition coefficient (Wildman–Crippen LogP) is 4.51. The molecule has 0 radical (unpaired) electrons. The van der Waals surface area contributed by atoms with Gasteiger partial charge in [0.25, 0.3) is 0 Å². The molecule has 3 rings (SSSR count). The van der Waals surface area contributed by atoms with Gasteiger partial charge in [-0.15, -0.1) is 11.8 Å². The van der Waals surface area contributed by atoms with E-state index in [0.717, 1.165) is 22.6 Å². The van der Waals surface area contributed by atoms with Crippen molar-refractivity contribution < 1.29 is 9.53 Å². The van der Waals surface area contributed by atoms with Gasteiger partial charge in [0, 0.05) is 16.9 Å². The van der Waals surface area contributed by atoms with E-state index in [2.05, 4.69) is 32.2 Å². The van der Waals surface area contributed by atoms with Crippen LogP contribution in [0, 0.1) is 6.92 Å². The highest BCUT2D eigenvalue weighted by atomic mass is 32.2. The van der Waals surface area contributed by atoms with Gasteiger partial charge in [0.05, 0.1) is 11.8 Å². The lowest BCUT2D eigenvalue weighted by Crippen LogP contribution is -2.41. The van der Waals surface area contributed by atoms with Crippen molar-refractivity contribution in [2.45, 2.75) is 43.7 Å². The number of rotatable bonds is 4. The Hall–Kier alpha value is -1.94. The van der Waals surface area contributed by atoms with Crippen LogP contribution in [0.15, 0.2) is 53.4 Å². The molecule has 1 N–H and O–H groups in total. The Labute approximate surface area is 147 Å². The van der Waals surface area contributed by atoms with Gasteiger partial charge in [0.2, 0.25) is 5.91 Å². The van der Waals surface area contributed by atoms with Gasteiger partial charge in [-0.1, -0.05) is 35.9 Å². The van der Waals surface area contributed by atoms with Gasteiger partial charge in [-0.25, -0.2) is 0 Å². The molecule has 0 spiro atoms. The van der Waals surface area contributed by atoms with Gasteiger partial charge in [-0.05, 0) is 39.0 Å². The molecule has 1 atom stereocenters. The molecule has 4 heteroatoms. The number of carbonyl (C=O) groups is 1. The number of thioether (sulfide) groups is 1. The second kappa shape index (κ2) is 6.89. The Kier molecular flexibility index (Phi) is 4.86. The summed E-state index contributed by atoms with van der Waals surface area (Å²) in [7, 11) is 0. The highest BCUT2D eigenvalue weighted by molar-refractivity contribution is 8.00. The standard InChI is InChI=1S/C20H23NO2S/c1-14-9-10-18-16(11-14)17(12-20(2,3)23-18)21-19(22)13-24-15-7-5-4-6-8-15/h4-11,17H,12-13H2,1-3H3,(H,21,22)/t17-/m0/s1. The Morgan fingerprint density at radius 2 is 2.00 bits per heavy atom. The quantitative estimate of drug-likeness (QED) is 0.832. The van der Waals surface area contributed by atoms with Crippen molar-refractivity contribution in [3.63, 3.8) is 0 Å². The molecule has 1 amide bonds. The summed E-state index contributed by atoms with van der Waals surface area (Å²) in [5.41, 5.74) is 1.97. The number of hydrogen-bond acceptors (Lipinski definition) is 3. The molecule has 0 saturated carbocycles. The van der Waals surface area contributed by atoms with Crippen LogP contribution in [-0.4, -0.2) is 17.3 Å². The van der Waals surface area contributed by atoms with E-state index in [1.165, 1.54) is 5.56 Å². The monoisotopic (exact) mass is 341 g/mol. The van der Waals surface area contributed by atoms with Gasteiger partial charge in [-0.3, -0.25) is 4.79 Å². The van der Waals surface area contributed by atoms with Crippen molar-refractivity contribution >= 4 is 17.7 Å². The minimum Gasteiger partial charge on any atom is -0.487 e. The zero-order chi connectivity index (χ0) is 17.2. The zero-order valence-electron chi connectivity index (χ0n) is 14.3. The van der Waals surface area contributed by atoms with E-state index in [9.17, 15) is 4.79 Å².